The molecule has 0 fully saturated rings. The van der Waals surface area contributed by atoms with E-state index in [1.54, 1.807) is 24.3 Å². The summed E-state index contributed by atoms with van der Waals surface area (Å²) in [5.74, 6) is 0.0977. The second-order valence-corrected chi connectivity index (χ2v) is 3.92. The predicted molar refractivity (Wildman–Crippen MR) is 65.0 cm³/mol. The van der Waals surface area contributed by atoms with Crippen LogP contribution in [0.5, 0.6) is 0 Å². The Morgan fingerprint density at radius 1 is 1.33 bits per heavy atom. The number of hydrogen-bond donors (Lipinski definition) is 2. The highest BCUT2D eigenvalue weighted by atomic mass is 35.5. The average molecular weight is 264 g/mol. The number of fused-ring (bicyclic) bond motifs is 1. The third kappa shape index (κ3) is 1.91. The van der Waals surface area contributed by atoms with Crippen LogP contribution in [0.1, 0.15) is 0 Å². The largest absolute Gasteiger partial charge is 0.335 e. The number of nitrogens with zero attached hydrogens (tertiary/aromatic N) is 3. The molecule has 2 N–H and O–H groups in total. The lowest BCUT2D eigenvalue weighted by atomic mass is 10.3. The van der Waals surface area contributed by atoms with E-state index in [1.807, 2.05) is 0 Å². The maximum absolute atomic E-state index is 11.7. The smallest absolute Gasteiger partial charge is 0.292 e. The van der Waals surface area contributed by atoms with Crippen LogP contribution < -0.4 is 10.9 Å². The molecule has 0 bridgehead atoms. The topological polar surface area (TPSA) is 96.7 Å². The molecule has 3 aromatic rings. The minimum absolute atomic E-state index is 0.0977. The summed E-state index contributed by atoms with van der Waals surface area (Å²) < 4.78 is 4.46. The van der Waals surface area contributed by atoms with Crippen LogP contribution >= 0.6 is 11.6 Å². The van der Waals surface area contributed by atoms with Gasteiger partial charge >= 0.3 is 0 Å². The third-order valence-electron chi connectivity index (χ3n) is 2.22. The first-order valence-corrected chi connectivity index (χ1v) is 5.35. The van der Waals surface area contributed by atoms with Gasteiger partial charge in [0.1, 0.15) is 0 Å². The van der Waals surface area contributed by atoms with Crippen LogP contribution in [-0.2, 0) is 0 Å². The van der Waals surface area contributed by atoms with Crippen LogP contribution in [0.15, 0.2) is 33.7 Å². The van der Waals surface area contributed by atoms with Gasteiger partial charge < -0.3 is 5.32 Å². The van der Waals surface area contributed by atoms with E-state index < -0.39 is 5.56 Å². The highest BCUT2D eigenvalue weighted by molar-refractivity contribution is 6.30. The van der Waals surface area contributed by atoms with E-state index in [4.69, 9.17) is 11.6 Å². The van der Waals surface area contributed by atoms with Gasteiger partial charge in [-0.2, -0.15) is 4.98 Å². The summed E-state index contributed by atoms with van der Waals surface area (Å²) >= 11 is 5.84. The lowest BCUT2D eigenvalue weighted by Gasteiger charge is -2.03. The molecular weight excluding hydrogens is 258 g/mol. The van der Waals surface area contributed by atoms with Crippen molar-refractivity contribution in [2.75, 3.05) is 5.32 Å². The number of H-pyrrole nitrogens is 1. The number of aromatic nitrogens is 4. The van der Waals surface area contributed by atoms with E-state index in [0.29, 0.717) is 10.7 Å². The fourth-order valence-corrected chi connectivity index (χ4v) is 1.64. The first-order valence-electron chi connectivity index (χ1n) is 4.97. The molecule has 0 amide bonds. The summed E-state index contributed by atoms with van der Waals surface area (Å²) in [7, 11) is 0. The van der Waals surface area contributed by atoms with Crippen molar-refractivity contribution in [2.24, 2.45) is 0 Å². The fourth-order valence-electron chi connectivity index (χ4n) is 1.45. The molecule has 0 saturated carbocycles. The molecule has 0 saturated heterocycles. The van der Waals surface area contributed by atoms with Gasteiger partial charge in [-0.25, -0.2) is 4.63 Å². The standard InChI is InChI=1S/C10H6ClN5O2/c11-5-2-1-3-6(4-5)12-9-10(17)14-8-7(13-9)15-18-16-8/h1-4H,(H,12,13,15)(H,14,16,17). The van der Waals surface area contributed by atoms with Crippen LogP contribution in [0.2, 0.25) is 5.02 Å². The average Bonchev–Trinajstić information content (AvgIpc) is 2.76. The van der Waals surface area contributed by atoms with Crippen LogP contribution in [0, 0.1) is 0 Å². The van der Waals surface area contributed by atoms with E-state index in [2.05, 4.69) is 30.2 Å². The summed E-state index contributed by atoms with van der Waals surface area (Å²) in [6, 6.07) is 6.93. The Morgan fingerprint density at radius 3 is 3.06 bits per heavy atom. The number of hydrogen-bond acceptors (Lipinski definition) is 6. The van der Waals surface area contributed by atoms with Gasteiger partial charge in [-0.15, -0.1) is 0 Å². The molecule has 3 rings (SSSR count). The molecule has 0 aliphatic heterocycles. The molecule has 0 unspecified atom stereocenters. The second-order valence-electron chi connectivity index (χ2n) is 3.49. The van der Waals surface area contributed by atoms with Crippen LogP contribution in [0.25, 0.3) is 11.3 Å². The SMILES string of the molecule is O=c1[nH]c2nonc2nc1Nc1cccc(Cl)c1. The van der Waals surface area contributed by atoms with Crippen molar-refractivity contribution in [1.82, 2.24) is 20.3 Å². The first-order chi connectivity index (χ1) is 8.72. The van der Waals surface area contributed by atoms with E-state index in [-0.39, 0.29) is 17.1 Å². The van der Waals surface area contributed by atoms with Gasteiger partial charge in [0.05, 0.1) is 0 Å². The Balaban J connectivity index is 2.04. The minimum atomic E-state index is -0.418. The van der Waals surface area contributed by atoms with Crippen molar-refractivity contribution in [3.63, 3.8) is 0 Å². The number of nitrogens with one attached hydrogen (secondary N) is 2. The van der Waals surface area contributed by atoms with Crippen molar-refractivity contribution < 1.29 is 4.63 Å². The fraction of sp³-hybridized carbons (Fsp3) is 0. The van der Waals surface area contributed by atoms with E-state index in [9.17, 15) is 4.79 Å². The molecule has 0 atom stereocenters. The molecular formula is C10H6ClN5O2. The van der Waals surface area contributed by atoms with E-state index in [0.717, 1.165) is 0 Å². The van der Waals surface area contributed by atoms with Crippen molar-refractivity contribution in [3.8, 4) is 0 Å². The monoisotopic (exact) mass is 263 g/mol. The van der Waals surface area contributed by atoms with E-state index in [1.165, 1.54) is 0 Å². The van der Waals surface area contributed by atoms with Crippen molar-refractivity contribution in [3.05, 3.63) is 39.6 Å². The molecule has 2 aromatic heterocycles. The lowest BCUT2D eigenvalue weighted by molar-refractivity contribution is 0.314. The van der Waals surface area contributed by atoms with E-state index >= 15 is 0 Å². The van der Waals surface area contributed by atoms with Crippen molar-refractivity contribution >= 4 is 34.4 Å². The van der Waals surface area contributed by atoms with Gasteiger partial charge in [0, 0.05) is 10.7 Å². The highest BCUT2D eigenvalue weighted by Gasteiger charge is 2.08. The van der Waals surface area contributed by atoms with Gasteiger partial charge in [-0.05, 0) is 28.5 Å². The zero-order valence-electron chi connectivity index (χ0n) is 8.85. The summed E-state index contributed by atoms with van der Waals surface area (Å²) in [6.45, 7) is 0. The zero-order valence-corrected chi connectivity index (χ0v) is 9.60. The molecule has 8 heteroatoms. The second kappa shape index (κ2) is 4.11. The highest BCUT2D eigenvalue weighted by Crippen LogP contribution is 2.17. The number of aromatic amines is 1. The first kappa shape index (κ1) is 10.7. The van der Waals surface area contributed by atoms with Gasteiger partial charge in [-0.1, -0.05) is 17.7 Å². The lowest BCUT2D eigenvalue weighted by Crippen LogP contribution is -2.13. The van der Waals surface area contributed by atoms with Crippen LogP contribution in [0.3, 0.4) is 0 Å². The Labute approximate surface area is 105 Å². The number of rotatable bonds is 2. The number of anilines is 2. The van der Waals surface area contributed by atoms with Gasteiger partial charge in [-0.3, -0.25) is 9.78 Å². The molecule has 0 aliphatic carbocycles. The zero-order chi connectivity index (χ0) is 12.5. The quantitative estimate of drug-likeness (QED) is 0.730. The number of benzene rings is 1. The third-order valence-corrected chi connectivity index (χ3v) is 2.46. The molecule has 0 radical (unpaired) electrons. The van der Waals surface area contributed by atoms with Gasteiger partial charge in [0.25, 0.3) is 5.56 Å². The molecule has 2 heterocycles. The van der Waals surface area contributed by atoms with Crippen molar-refractivity contribution in [2.45, 2.75) is 0 Å². The molecule has 0 aliphatic rings. The van der Waals surface area contributed by atoms with Gasteiger partial charge in [0.2, 0.25) is 11.3 Å². The summed E-state index contributed by atoms with van der Waals surface area (Å²) in [4.78, 5) is 18.2. The van der Waals surface area contributed by atoms with Gasteiger partial charge in [0.15, 0.2) is 5.82 Å². The molecule has 0 spiro atoms. The maximum atomic E-state index is 11.7. The minimum Gasteiger partial charge on any atom is -0.335 e. The summed E-state index contributed by atoms with van der Waals surface area (Å²) in [5.41, 5.74) is 0.658. The maximum Gasteiger partial charge on any atom is 0.292 e. The van der Waals surface area contributed by atoms with Crippen LogP contribution in [-0.4, -0.2) is 20.3 Å². The summed E-state index contributed by atoms with van der Waals surface area (Å²) in [6.07, 6.45) is 0. The summed E-state index contributed by atoms with van der Waals surface area (Å²) in [5, 5.41) is 10.4. The number of halogens is 1. The Kier molecular flexibility index (Phi) is 2.45. The Bertz CT molecular complexity index is 766. The molecule has 7 nitrogen and oxygen atoms in total. The van der Waals surface area contributed by atoms with Crippen LogP contribution in [0.4, 0.5) is 11.5 Å². The molecule has 18 heavy (non-hydrogen) atoms. The van der Waals surface area contributed by atoms with Crippen molar-refractivity contribution in [1.29, 1.82) is 0 Å². The predicted octanol–water partition coefficient (Wildman–Crippen LogP) is 1.70. The normalized spacial score (nSPS) is 10.7. The Morgan fingerprint density at radius 2 is 2.22 bits per heavy atom. The molecule has 1 aromatic carbocycles. The Hall–Kier alpha value is -2.41. The molecule has 90 valence electrons.